The van der Waals surface area contributed by atoms with Crippen LogP contribution < -0.4 is 14.9 Å². The zero-order chi connectivity index (χ0) is 20.2. The monoisotopic (exact) mass is 523 g/mol. The van der Waals surface area contributed by atoms with Crippen LogP contribution in [0.25, 0.3) is 0 Å². The average Bonchev–Trinajstić information content (AvgIpc) is 2.67. The molecule has 0 saturated carbocycles. The van der Waals surface area contributed by atoms with Crippen molar-refractivity contribution < 1.29 is 27.6 Å². The predicted octanol–water partition coefficient (Wildman–Crippen LogP) is 2.01. The van der Waals surface area contributed by atoms with Gasteiger partial charge in [-0.3, -0.25) is 0 Å². The van der Waals surface area contributed by atoms with Crippen LogP contribution in [0.2, 0.25) is 0 Å². The fourth-order valence-corrected chi connectivity index (χ4v) is 17.3. The molecule has 0 aliphatic rings. The van der Waals surface area contributed by atoms with Crippen LogP contribution >= 0.6 is 32.1 Å². The number of nitrogens with one attached hydrogen (secondary N) is 1. The van der Waals surface area contributed by atoms with Crippen molar-refractivity contribution in [2.75, 3.05) is 28.3 Å². The van der Waals surface area contributed by atoms with Crippen molar-refractivity contribution in [3.05, 3.63) is 54.6 Å². The second-order valence-corrected chi connectivity index (χ2v) is 19.2. The number of hydrogen-bond donors (Lipinski definition) is 1. The molecule has 0 fully saturated rings. The predicted molar refractivity (Wildman–Crippen MR) is 116 cm³/mol. The van der Waals surface area contributed by atoms with Gasteiger partial charge in [-0.25, -0.2) is 0 Å². The first-order valence-corrected chi connectivity index (χ1v) is 17.9. The Balaban J connectivity index is 1.97. The second kappa shape index (κ2) is 13.0. The van der Waals surface area contributed by atoms with Crippen LogP contribution in [0.1, 0.15) is 0 Å². The van der Waals surface area contributed by atoms with Gasteiger partial charge in [-0.2, -0.15) is 0 Å². The van der Waals surface area contributed by atoms with Crippen LogP contribution in [0.3, 0.4) is 0 Å². The molecule has 1 atom stereocenters. The van der Waals surface area contributed by atoms with Gasteiger partial charge >= 0.3 is 181 Å². The summed E-state index contributed by atoms with van der Waals surface area (Å²) in [5.41, 5.74) is 1.95. The van der Waals surface area contributed by atoms with Crippen LogP contribution in [0.15, 0.2) is 54.6 Å². The molecule has 0 radical (unpaired) electrons. The molecule has 0 aliphatic heterocycles. The van der Waals surface area contributed by atoms with Gasteiger partial charge in [0.15, 0.2) is 0 Å². The number of rotatable bonds is 13. The first-order valence-electron chi connectivity index (χ1n) is 7.98. The van der Waals surface area contributed by atoms with Crippen LogP contribution in [-0.4, -0.2) is 48.3 Å². The molecule has 2 aromatic rings. The Morgan fingerprint density at radius 1 is 0.929 bits per heavy atom. The first-order chi connectivity index (χ1) is 13.5. The van der Waals surface area contributed by atoms with Crippen molar-refractivity contribution >= 4 is 70.3 Å². The van der Waals surface area contributed by atoms with Crippen molar-refractivity contribution in [1.29, 1.82) is 0 Å². The van der Waals surface area contributed by atoms with Crippen LogP contribution in [0, 0.1) is 0 Å². The fourth-order valence-electron chi connectivity index (χ4n) is 1.97. The van der Waals surface area contributed by atoms with E-state index in [9.17, 15) is 18.2 Å². The Hall–Kier alpha value is -0.362. The summed E-state index contributed by atoms with van der Waals surface area (Å²) < 4.78 is 38.0. The van der Waals surface area contributed by atoms with Crippen molar-refractivity contribution in [2.24, 2.45) is 0 Å². The summed E-state index contributed by atoms with van der Waals surface area (Å²) in [5, 5.41) is 16.4. The molecular formula is C16H18AsNO6S4-2. The van der Waals surface area contributed by atoms with Gasteiger partial charge in [0.05, 0.1) is 0 Å². The summed E-state index contributed by atoms with van der Waals surface area (Å²) in [6.07, 6.45) is 0. The zero-order valence-electron chi connectivity index (χ0n) is 14.6. The van der Waals surface area contributed by atoms with E-state index < -0.39 is 22.5 Å². The molecule has 154 valence electrons. The van der Waals surface area contributed by atoms with Gasteiger partial charge < -0.3 is 0 Å². The minimum atomic E-state index is -4.22. The van der Waals surface area contributed by atoms with Crippen molar-refractivity contribution in [3.63, 3.8) is 0 Å². The summed E-state index contributed by atoms with van der Waals surface area (Å²) in [4.78, 5) is 0. The fraction of sp³-hybridized carbons (Fsp3) is 0.250. The molecule has 1 N–H and O–H groups in total. The van der Waals surface area contributed by atoms with E-state index in [1.165, 1.54) is 0 Å². The van der Waals surface area contributed by atoms with E-state index in [1.807, 2.05) is 54.6 Å². The SMILES string of the molecule is O=S(=O)([O-])CCS[As](SCCSOO[O-])c1ccc(Nc2ccccc2)cc1. The summed E-state index contributed by atoms with van der Waals surface area (Å²) in [6, 6.07) is 17.8. The van der Waals surface area contributed by atoms with E-state index in [2.05, 4.69) is 14.7 Å². The van der Waals surface area contributed by atoms with Gasteiger partial charge in [-0.15, -0.1) is 0 Å². The molecule has 0 amide bonds. The van der Waals surface area contributed by atoms with Crippen molar-refractivity contribution in [1.82, 2.24) is 0 Å². The Kier molecular flexibility index (Phi) is 11.1. The molecular weight excluding hydrogens is 505 g/mol. The van der Waals surface area contributed by atoms with Crippen LogP contribution in [0.4, 0.5) is 11.4 Å². The summed E-state index contributed by atoms with van der Waals surface area (Å²) >= 11 is -0.778. The molecule has 1 unspecified atom stereocenters. The van der Waals surface area contributed by atoms with Crippen molar-refractivity contribution in [2.45, 2.75) is 0 Å². The summed E-state index contributed by atoms with van der Waals surface area (Å²) in [6.45, 7) is 0. The Morgan fingerprint density at radius 3 is 2.21 bits per heavy atom. The standard InChI is InChI=1S/C16H20AsNO6S4/c19-23-24-27-11-10-25-17(26-12-13-28(20,21)22)14-6-8-16(9-7-14)18-15-4-2-1-3-5-15/h1-9,18-19H,10-13H2,(H,20,21,22)/p-2. The Labute approximate surface area is 180 Å². The van der Waals surface area contributed by atoms with Crippen LogP contribution in [-0.2, 0) is 19.5 Å². The van der Waals surface area contributed by atoms with Gasteiger partial charge in [0.25, 0.3) is 0 Å². The third-order valence-corrected chi connectivity index (χ3v) is 18.4. The quantitative estimate of drug-likeness (QED) is 0.105. The van der Waals surface area contributed by atoms with E-state index in [0.717, 1.165) is 33.5 Å². The molecule has 28 heavy (non-hydrogen) atoms. The molecule has 2 aromatic carbocycles. The maximum atomic E-state index is 10.9. The summed E-state index contributed by atoms with van der Waals surface area (Å²) in [5.74, 6) is 1.18. The number of hydrogen-bond acceptors (Lipinski definition) is 10. The molecule has 0 spiro atoms. The normalized spacial score (nSPS) is 12.6. The average molecular weight is 524 g/mol. The van der Waals surface area contributed by atoms with Crippen molar-refractivity contribution in [3.8, 4) is 0 Å². The topological polar surface area (TPSA) is 111 Å². The number of anilines is 2. The van der Waals surface area contributed by atoms with Crippen LogP contribution in [0.5, 0.6) is 0 Å². The third kappa shape index (κ3) is 9.91. The molecule has 0 bridgehead atoms. The molecule has 2 rings (SSSR count). The summed E-state index contributed by atoms with van der Waals surface area (Å²) in [7, 11) is -0.958. The second-order valence-electron chi connectivity index (χ2n) is 5.18. The molecule has 0 saturated heterocycles. The number of benzene rings is 2. The van der Waals surface area contributed by atoms with E-state index >= 15 is 0 Å². The van der Waals surface area contributed by atoms with Gasteiger partial charge in [-0.1, -0.05) is 0 Å². The van der Waals surface area contributed by atoms with E-state index in [0.29, 0.717) is 5.75 Å². The molecule has 7 nitrogen and oxygen atoms in total. The van der Waals surface area contributed by atoms with E-state index in [-0.39, 0.29) is 11.5 Å². The molecule has 12 heteroatoms. The molecule has 0 aliphatic carbocycles. The Morgan fingerprint density at radius 2 is 1.57 bits per heavy atom. The zero-order valence-corrected chi connectivity index (χ0v) is 19.7. The third-order valence-electron chi connectivity index (χ3n) is 3.13. The van der Waals surface area contributed by atoms with E-state index in [1.54, 1.807) is 20.0 Å². The minimum absolute atomic E-state index is 0.274. The van der Waals surface area contributed by atoms with Gasteiger partial charge in [0, 0.05) is 0 Å². The Bertz CT molecular complexity index is 795. The maximum absolute atomic E-state index is 10.9. The molecule has 0 aromatic heterocycles. The number of para-hydroxylation sites is 1. The molecule has 0 heterocycles. The van der Waals surface area contributed by atoms with Gasteiger partial charge in [0.2, 0.25) is 0 Å². The van der Waals surface area contributed by atoms with Gasteiger partial charge in [0.1, 0.15) is 0 Å². The first kappa shape index (κ1) is 23.9. The van der Waals surface area contributed by atoms with E-state index in [4.69, 9.17) is 0 Å². The van der Waals surface area contributed by atoms with Gasteiger partial charge in [-0.05, 0) is 0 Å².